The fraction of sp³-hybridized carbons (Fsp3) is 0.500. The number of rotatable bonds is 2. The highest BCUT2D eigenvalue weighted by molar-refractivity contribution is 6.33. The molecule has 0 aliphatic heterocycles. The summed E-state index contributed by atoms with van der Waals surface area (Å²) in [5, 5.41) is 0. The molecule has 70 valence electrons. The molecule has 0 fully saturated rings. The van der Waals surface area contributed by atoms with Gasteiger partial charge in [0.15, 0.2) is 0 Å². The van der Waals surface area contributed by atoms with Crippen LogP contribution in [-0.2, 0) is 0 Å². The largest absolute Gasteiger partial charge is 0.139 e. The number of benzene rings is 1. The highest BCUT2D eigenvalue weighted by Gasteiger charge is 2.05. The third-order valence-electron chi connectivity index (χ3n) is 2.59. The van der Waals surface area contributed by atoms with Gasteiger partial charge >= 0.3 is 0 Å². The van der Waals surface area contributed by atoms with Crippen LogP contribution in [0.2, 0.25) is 0 Å². The Bertz CT molecular complexity index is 287. The molecule has 0 N–H and O–H groups in total. The van der Waals surface area contributed by atoms with Crippen molar-refractivity contribution in [2.45, 2.75) is 39.5 Å². The topological polar surface area (TPSA) is 0 Å². The Morgan fingerprint density at radius 3 is 2.08 bits per heavy atom. The van der Waals surface area contributed by atoms with Crippen LogP contribution in [0.5, 0.6) is 0 Å². The molecule has 0 saturated heterocycles. The fourth-order valence-corrected chi connectivity index (χ4v) is 1.64. The average Bonchev–Trinajstić information content (AvgIpc) is 2.04. The Hall–Kier alpha value is -0.715. The van der Waals surface area contributed by atoms with Gasteiger partial charge in [0.05, 0.1) is 0 Å². The van der Waals surface area contributed by atoms with Crippen molar-refractivity contribution in [2.24, 2.45) is 0 Å². The Balaban J connectivity index is 3.11. The second kappa shape index (κ2) is 4.00. The maximum absolute atomic E-state index is 2.35. The van der Waals surface area contributed by atoms with E-state index < -0.39 is 0 Å². The van der Waals surface area contributed by atoms with Crippen molar-refractivity contribution in [1.82, 2.24) is 0 Å². The monoisotopic (exact) mass is 174 g/mol. The van der Waals surface area contributed by atoms with Gasteiger partial charge in [-0.15, -0.1) is 0 Å². The van der Waals surface area contributed by atoms with Crippen molar-refractivity contribution in [3.8, 4) is 0 Å². The van der Waals surface area contributed by atoms with Gasteiger partial charge in [-0.2, -0.15) is 0 Å². The van der Waals surface area contributed by atoms with E-state index in [1.54, 1.807) is 0 Å². The van der Waals surface area contributed by atoms with E-state index in [2.05, 4.69) is 53.7 Å². The van der Waals surface area contributed by atoms with Crippen molar-refractivity contribution in [1.29, 1.82) is 0 Å². The van der Waals surface area contributed by atoms with Crippen LogP contribution in [0.15, 0.2) is 18.2 Å². The summed E-state index contributed by atoms with van der Waals surface area (Å²) in [6.45, 7) is 9.00. The second-order valence-electron chi connectivity index (χ2n) is 4.43. The quantitative estimate of drug-likeness (QED) is 0.603. The van der Waals surface area contributed by atoms with Gasteiger partial charge in [-0.3, -0.25) is 0 Å². The minimum absolute atomic E-state index is 0.637. The van der Waals surface area contributed by atoms with Crippen molar-refractivity contribution in [3.05, 3.63) is 29.3 Å². The molecule has 0 spiro atoms. The Morgan fingerprint density at radius 2 is 1.62 bits per heavy atom. The first-order chi connectivity index (χ1) is 6.02. The van der Waals surface area contributed by atoms with Crippen LogP contribution in [0.1, 0.15) is 50.7 Å². The van der Waals surface area contributed by atoms with Crippen LogP contribution < -0.4 is 5.46 Å². The number of hydrogen-bond acceptors (Lipinski definition) is 0. The summed E-state index contributed by atoms with van der Waals surface area (Å²) in [7, 11) is 2.19. The molecule has 0 nitrogen and oxygen atoms in total. The molecule has 0 saturated carbocycles. The first kappa shape index (κ1) is 10.4. The minimum atomic E-state index is 0.637. The molecular weight excluding hydrogens is 155 g/mol. The van der Waals surface area contributed by atoms with Gasteiger partial charge in [0.25, 0.3) is 0 Å². The predicted octanol–water partition coefficient (Wildman–Crippen LogP) is 2.19. The smallest absolute Gasteiger partial charge is 0.0856 e. The fourth-order valence-electron chi connectivity index (χ4n) is 1.64. The molecule has 0 bridgehead atoms. The third kappa shape index (κ3) is 2.36. The molecule has 0 unspecified atom stereocenters. The molecular formula is C12H19B. The van der Waals surface area contributed by atoms with Crippen LogP contribution in [0, 0.1) is 0 Å². The van der Waals surface area contributed by atoms with E-state index in [9.17, 15) is 0 Å². The third-order valence-corrected chi connectivity index (χ3v) is 2.59. The maximum atomic E-state index is 2.35. The van der Waals surface area contributed by atoms with Gasteiger partial charge in [-0.25, -0.2) is 0 Å². The van der Waals surface area contributed by atoms with Crippen molar-refractivity contribution in [2.75, 3.05) is 0 Å². The van der Waals surface area contributed by atoms with Gasteiger partial charge in [-0.1, -0.05) is 56.9 Å². The van der Waals surface area contributed by atoms with Crippen molar-refractivity contribution >= 4 is 13.3 Å². The van der Waals surface area contributed by atoms with E-state index in [0.29, 0.717) is 11.8 Å². The summed E-state index contributed by atoms with van der Waals surface area (Å²) in [5.41, 5.74) is 4.36. The lowest BCUT2D eigenvalue weighted by molar-refractivity contribution is 0.838. The van der Waals surface area contributed by atoms with Gasteiger partial charge in [0.2, 0.25) is 0 Å². The van der Waals surface area contributed by atoms with Gasteiger partial charge in [-0.05, 0) is 17.4 Å². The summed E-state index contributed by atoms with van der Waals surface area (Å²) in [6.07, 6.45) is 0. The van der Waals surface area contributed by atoms with E-state index in [0.717, 1.165) is 0 Å². The lowest BCUT2D eigenvalue weighted by Crippen LogP contribution is -2.12. The summed E-state index contributed by atoms with van der Waals surface area (Å²) in [6, 6.07) is 6.83. The molecule has 0 radical (unpaired) electrons. The van der Waals surface area contributed by atoms with Crippen LogP contribution in [-0.4, -0.2) is 7.85 Å². The van der Waals surface area contributed by atoms with Crippen LogP contribution in [0.3, 0.4) is 0 Å². The first-order valence-corrected chi connectivity index (χ1v) is 5.12. The molecule has 1 heteroatoms. The number of hydrogen-bond donors (Lipinski definition) is 0. The van der Waals surface area contributed by atoms with E-state index in [1.165, 1.54) is 16.6 Å². The highest BCUT2D eigenvalue weighted by Crippen LogP contribution is 2.18. The summed E-state index contributed by atoms with van der Waals surface area (Å²) >= 11 is 0. The predicted molar refractivity (Wildman–Crippen MR) is 62.8 cm³/mol. The van der Waals surface area contributed by atoms with Gasteiger partial charge < -0.3 is 0 Å². The highest BCUT2D eigenvalue weighted by atomic mass is 14.1. The molecule has 1 aromatic rings. The standard InChI is InChI=1S/C12H19B/c1-8(2)10-5-6-12(13)11(7-10)9(3)4/h5-9H,13H2,1-4H3. The van der Waals surface area contributed by atoms with E-state index in [4.69, 9.17) is 0 Å². The van der Waals surface area contributed by atoms with Gasteiger partial charge in [0.1, 0.15) is 7.85 Å². The van der Waals surface area contributed by atoms with E-state index >= 15 is 0 Å². The Labute approximate surface area is 82.8 Å². The lowest BCUT2D eigenvalue weighted by Gasteiger charge is -2.13. The molecule has 0 aliphatic carbocycles. The Morgan fingerprint density at radius 1 is 1.00 bits per heavy atom. The first-order valence-electron chi connectivity index (χ1n) is 5.12. The minimum Gasteiger partial charge on any atom is -0.0856 e. The zero-order valence-corrected chi connectivity index (χ0v) is 9.39. The lowest BCUT2D eigenvalue weighted by atomic mass is 9.83. The van der Waals surface area contributed by atoms with E-state index in [-0.39, 0.29) is 0 Å². The molecule has 1 rings (SSSR count). The Kier molecular flexibility index (Phi) is 3.19. The molecule has 0 aliphatic rings. The average molecular weight is 174 g/mol. The van der Waals surface area contributed by atoms with Crippen molar-refractivity contribution < 1.29 is 0 Å². The molecule has 0 atom stereocenters. The van der Waals surface area contributed by atoms with Crippen LogP contribution in [0.25, 0.3) is 0 Å². The van der Waals surface area contributed by atoms with Crippen molar-refractivity contribution in [3.63, 3.8) is 0 Å². The summed E-state index contributed by atoms with van der Waals surface area (Å²) in [4.78, 5) is 0. The molecule has 0 heterocycles. The second-order valence-corrected chi connectivity index (χ2v) is 4.43. The van der Waals surface area contributed by atoms with E-state index in [1.807, 2.05) is 0 Å². The molecule has 0 aromatic heterocycles. The van der Waals surface area contributed by atoms with Gasteiger partial charge in [0, 0.05) is 0 Å². The molecule has 0 amide bonds. The molecule has 13 heavy (non-hydrogen) atoms. The molecule has 1 aromatic carbocycles. The normalized spacial score (nSPS) is 11.2. The van der Waals surface area contributed by atoms with Crippen LogP contribution >= 0.6 is 0 Å². The zero-order valence-electron chi connectivity index (χ0n) is 9.39. The zero-order chi connectivity index (χ0) is 10.0. The SMILES string of the molecule is Bc1ccc(C(C)C)cc1C(C)C. The summed E-state index contributed by atoms with van der Waals surface area (Å²) in [5.74, 6) is 1.27. The maximum Gasteiger partial charge on any atom is 0.139 e. The summed E-state index contributed by atoms with van der Waals surface area (Å²) < 4.78 is 0. The van der Waals surface area contributed by atoms with Crippen LogP contribution in [0.4, 0.5) is 0 Å².